The maximum atomic E-state index is 6.03. The minimum absolute atomic E-state index is 0.661. The third-order valence-corrected chi connectivity index (χ3v) is 3.39. The summed E-state index contributed by atoms with van der Waals surface area (Å²) in [7, 11) is 0. The maximum Gasteiger partial charge on any atom is 0.138 e. The first-order valence-electron chi connectivity index (χ1n) is 7.09. The molecule has 0 atom stereocenters. The Balaban J connectivity index is 1.94. The second kappa shape index (κ2) is 5.94. The van der Waals surface area contributed by atoms with Gasteiger partial charge in [0.25, 0.3) is 0 Å². The molecule has 3 rings (SSSR count). The largest absolute Gasteiger partial charge is 0.457 e. The number of nitrogens with zero attached hydrogens (tertiary/aromatic N) is 1. The summed E-state index contributed by atoms with van der Waals surface area (Å²) in [5.74, 6) is 1.66. The van der Waals surface area contributed by atoms with Crippen LogP contribution in [0.2, 0.25) is 0 Å². The van der Waals surface area contributed by atoms with E-state index in [2.05, 4.69) is 17.1 Å². The number of para-hydroxylation sites is 1. The van der Waals surface area contributed by atoms with Gasteiger partial charge in [0.05, 0.1) is 5.52 Å². The fraction of sp³-hybridized carbons (Fsp3) is 0.167. The van der Waals surface area contributed by atoms with Gasteiger partial charge in [0.1, 0.15) is 11.5 Å². The first-order valence-corrected chi connectivity index (χ1v) is 7.09. The Hall–Kier alpha value is -2.39. The molecule has 1 aromatic heterocycles. The van der Waals surface area contributed by atoms with Gasteiger partial charge in [-0.3, -0.25) is 4.98 Å². The molecule has 21 heavy (non-hydrogen) atoms. The highest BCUT2D eigenvalue weighted by Gasteiger charge is 2.06. The number of aromatic nitrogens is 1. The number of nitrogens with two attached hydrogens (primary N) is 1. The molecule has 0 aliphatic carbocycles. The quantitative estimate of drug-likeness (QED) is 0.789. The van der Waals surface area contributed by atoms with Crippen molar-refractivity contribution in [2.24, 2.45) is 5.73 Å². The van der Waals surface area contributed by atoms with Gasteiger partial charge in [-0.1, -0.05) is 24.3 Å². The Morgan fingerprint density at radius 3 is 2.57 bits per heavy atom. The Labute approximate surface area is 124 Å². The smallest absolute Gasteiger partial charge is 0.138 e. The van der Waals surface area contributed by atoms with Crippen LogP contribution in [-0.2, 0) is 6.42 Å². The molecular formula is C18H18N2O. The van der Waals surface area contributed by atoms with Crippen molar-refractivity contribution in [2.45, 2.75) is 13.3 Å². The molecule has 3 heteroatoms. The van der Waals surface area contributed by atoms with Crippen LogP contribution in [0.15, 0.2) is 54.6 Å². The zero-order valence-corrected chi connectivity index (χ0v) is 12.0. The molecule has 0 radical (unpaired) electrons. The van der Waals surface area contributed by atoms with Crippen molar-refractivity contribution in [3.8, 4) is 11.5 Å². The lowest BCUT2D eigenvalue weighted by atomic mass is 10.1. The summed E-state index contributed by atoms with van der Waals surface area (Å²) in [5, 5.41) is 1.02. The van der Waals surface area contributed by atoms with Crippen molar-refractivity contribution < 1.29 is 4.74 Å². The monoisotopic (exact) mass is 278 g/mol. The summed E-state index contributed by atoms with van der Waals surface area (Å²) in [6.07, 6.45) is 0.886. The number of benzene rings is 2. The van der Waals surface area contributed by atoms with E-state index in [0.29, 0.717) is 6.54 Å². The Morgan fingerprint density at radius 2 is 1.81 bits per heavy atom. The van der Waals surface area contributed by atoms with E-state index in [4.69, 9.17) is 10.5 Å². The zero-order valence-electron chi connectivity index (χ0n) is 12.0. The number of pyridine rings is 1. The van der Waals surface area contributed by atoms with Gasteiger partial charge in [0.15, 0.2) is 0 Å². The molecule has 1 heterocycles. The number of ether oxygens (including phenoxy) is 1. The number of aryl methyl sites for hydroxylation is 1. The third-order valence-electron chi connectivity index (χ3n) is 3.39. The molecule has 0 amide bonds. The molecule has 0 aliphatic heterocycles. The van der Waals surface area contributed by atoms with Crippen LogP contribution in [-0.4, -0.2) is 11.5 Å². The van der Waals surface area contributed by atoms with Crippen molar-refractivity contribution in [1.29, 1.82) is 0 Å². The molecular weight excluding hydrogens is 260 g/mol. The average Bonchev–Trinajstić information content (AvgIpc) is 2.49. The van der Waals surface area contributed by atoms with Gasteiger partial charge in [0.2, 0.25) is 0 Å². The Bertz CT molecular complexity index is 751. The highest BCUT2D eigenvalue weighted by Crippen LogP contribution is 2.29. The summed E-state index contributed by atoms with van der Waals surface area (Å²) in [4.78, 5) is 4.52. The number of hydrogen-bond donors (Lipinski definition) is 1. The van der Waals surface area contributed by atoms with Gasteiger partial charge in [-0.05, 0) is 49.7 Å². The van der Waals surface area contributed by atoms with Crippen LogP contribution in [0, 0.1) is 6.92 Å². The van der Waals surface area contributed by atoms with E-state index in [1.807, 2.05) is 49.4 Å². The van der Waals surface area contributed by atoms with E-state index in [1.54, 1.807) is 0 Å². The minimum atomic E-state index is 0.661. The van der Waals surface area contributed by atoms with E-state index in [1.165, 1.54) is 5.56 Å². The van der Waals surface area contributed by atoms with Gasteiger partial charge in [-0.2, -0.15) is 0 Å². The highest BCUT2D eigenvalue weighted by molar-refractivity contribution is 5.85. The van der Waals surface area contributed by atoms with Gasteiger partial charge in [-0.15, -0.1) is 0 Å². The first-order chi connectivity index (χ1) is 10.3. The Morgan fingerprint density at radius 1 is 1.05 bits per heavy atom. The lowest BCUT2D eigenvalue weighted by Gasteiger charge is -2.10. The standard InChI is InChI=1S/C18H18N2O/c1-13-12-18(16-4-2-3-5-17(16)20-13)21-15-8-6-14(7-9-15)10-11-19/h2-9,12H,10-11,19H2,1H3. The SMILES string of the molecule is Cc1cc(Oc2ccc(CCN)cc2)c2ccccc2n1. The average molecular weight is 278 g/mol. The fourth-order valence-corrected chi connectivity index (χ4v) is 2.37. The summed E-state index contributed by atoms with van der Waals surface area (Å²) >= 11 is 0. The van der Waals surface area contributed by atoms with Crippen molar-refractivity contribution in [3.05, 3.63) is 65.9 Å². The van der Waals surface area contributed by atoms with E-state index >= 15 is 0 Å². The van der Waals surface area contributed by atoms with Gasteiger partial charge < -0.3 is 10.5 Å². The molecule has 0 bridgehead atoms. The maximum absolute atomic E-state index is 6.03. The lowest BCUT2D eigenvalue weighted by Crippen LogP contribution is -2.02. The molecule has 3 aromatic rings. The summed E-state index contributed by atoms with van der Waals surface area (Å²) in [6.45, 7) is 2.64. The topological polar surface area (TPSA) is 48.1 Å². The first kappa shape index (κ1) is 13.6. The second-order valence-electron chi connectivity index (χ2n) is 5.06. The van der Waals surface area contributed by atoms with Crippen LogP contribution < -0.4 is 10.5 Å². The number of hydrogen-bond acceptors (Lipinski definition) is 3. The van der Waals surface area contributed by atoms with Gasteiger partial charge >= 0.3 is 0 Å². The predicted octanol–water partition coefficient (Wildman–Crippen LogP) is 3.84. The molecule has 0 saturated heterocycles. The zero-order chi connectivity index (χ0) is 14.7. The molecule has 0 aliphatic rings. The van der Waals surface area contributed by atoms with E-state index in [9.17, 15) is 0 Å². The molecule has 2 N–H and O–H groups in total. The van der Waals surface area contributed by atoms with E-state index in [0.717, 1.165) is 34.5 Å². The number of rotatable bonds is 4. The van der Waals surface area contributed by atoms with Crippen LogP contribution in [0.5, 0.6) is 11.5 Å². The van der Waals surface area contributed by atoms with Crippen LogP contribution in [0.1, 0.15) is 11.3 Å². The normalized spacial score (nSPS) is 10.8. The van der Waals surface area contributed by atoms with Crippen LogP contribution in [0.25, 0.3) is 10.9 Å². The van der Waals surface area contributed by atoms with E-state index in [-0.39, 0.29) is 0 Å². The minimum Gasteiger partial charge on any atom is -0.457 e. The summed E-state index contributed by atoms with van der Waals surface area (Å²) < 4.78 is 6.03. The summed E-state index contributed by atoms with van der Waals surface area (Å²) in [5.41, 5.74) is 8.68. The molecule has 106 valence electrons. The molecule has 2 aromatic carbocycles. The van der Waals surface area contributed by atoms with Crippen LogP contribution >= 0.6 is 0 Å². The van der Waals surface area contributed by atoms with Gasteiger partial charge in [0, 0.05) is 17.1 Å². The van der Waals surface area contributed by atoms with Crippen LogP contribution in [0.4, 0.5) is 0 Å². The predicted molar refractivity (Wildman–Crippen MR) is 85.8 cm³/mol. The highest BCUT2D eigenvalue weighted by atomic mass is 16.5. The lowest BCUT2D eigenvalue weighted by molar-refractivity contribution is 0.487. The number of fused-ring (bicyclic) bond motifs is 1. The molecule has 0 spiro atoms. The van der Waals surface area contributed by atoms with Crippen molar-refractivity contribution in [2.75, 3.05) is 6.54 Å². The van der Waals surface area contributed by atoms with Gasteiger partial charge in [-0.25, -0.2) is 0 Å². The van der Waals surface area contributed by atoms with Crippen molar-refractivity contribution in [3.63, 3.8) is 0 Å². The van der Waals surface area contributed by atoms with E-state index < -0.39 is 0 Å². The summed E-state index contributed by atoms with van der Waals surface area (Å²) in [6, 6.07) is 18.0. The van der Waals surface area contributed by atoms with Crippen molar-refractivity contribution >= 4 is 10.9 Å². The van der Waals surface area contributed by atoms with Crippen molar-refractivity contribution in [1.82, 2.24) is 4.98 Å². The Kier molecular flexibility index (Phi) is 3.84. The second-order valence-corrected chi connectivity index (χ2v) is 5.06. The molecule has 0 fully saturated rings. The third kappa shape index (κ3) is 3.03. The molecule has 0 saturated carbocycles. The molecule has 0 unspecified atom stereocenters. The van der Waals surface area contributed by atoms with Crippen LogP contribution in [0.3, 0.4) is 0 Å². The molecule has 3 nitrogen and oxygen atoms in total. The fourth-order valence-electron chi connectivity index (χ4n) is 2.37.